The fourth-order valence-electron chi connectivity index (χ4n) is 2.69. The zero-order valence-corrected chi connectivity index (χ0v) is 15.1. The second kappa shape index (κ2) is 7.28. The van der Waals surface area contributed by atoms with E-state index in [1.54, 1.807) is 0 Å². The smallest absolute Gasteiger partial charge is 0.260 e. The molecule has 1 atom stereocenters. The maximum Gasteiger partial charge on any atom is 0.260 e. The van der Waals surface area contributed by atoms with Crippen LogP contribution in [0.2, 0.25) is 0 Å². The van der Waals surface area contributed by atoms with Crippen LogP contribution in [0.25, 0.3) is 21.3 Å². The number of aromatic nitrogens is 2. The standard InChI is InChI=1S/C19H23N3OS/c1-12(2)9-10-20-13(3)17-21-18(23)16-15(11-24-19(16)22-17)14-7-5-4-6-8-14/h4-8,11-13,20H,9-10H2,1-3H3,(H,21,22,23)/t13-/m1/s1. The molecule has 0 amide bonds. The van der Waals surface area contributed by atoms with Gasteiger partial charge in [-0.3, -0.25) is 4.79 Å². The summed E-state index contributed by atoms with van der Waals surface area (Å²) in [5.74, 6) is 1.36. The van der Waals surface area contributed by atoms with Crippen molar-refractivity contribution in [3.63, 3.8) is 0 Å². The van der Waals surface area contributed by atoms with Crippen molar-refractivity contribution in [3.8, 4) is 11.1 Å². The van der Waals surface area contributed by atoms with Crippen LogP contribution in [0.15, 0.2) is 40.5 Å². The molecule has 2 N–H and O–H groups in total. The van der Waals surface area contributed by atoms with Crippen LogP contribution in [0.1, 0.15) is 39.1 Å². The van der Waals surface area contributed by atoms with Crippen LogP contribution in [0.3, 0.4) is 0 Å². The van der Waals surface area contributed by atoms with E-state index in [4.69, 9.17) is 0 Å². The number of nitrogens with zero attached hydrogens (tertiary/aromatic N) is 1. The Morgan fingerprint density at radius 1 is 1.21 bits per heavy atom. The Morgan fingerprint density at radius 2 is 1.96 bits per heavy atom. The van der Waals surface area contributed by atoms with E-state index in [1.165, 1.54) is 11.3 Å². The van der Waals surface area contributed by atoms with Gasteiger partial charge in [-0.2, -0.15) is 0 Å². The number of hydrogen-bond donors (Lipinski definition) is 2. The van der Waals surface area contributed by atoms with Crippen LogP contribution in [0, 0.1) is 5.92 Å². The lowest BCUT2D eigenvalue weighted by Crippen LogP contribution is -2.25. The first-order valence-electron chi connectivity index (χ1n) is 8.36. The SMILES string of the molecule is CC(C)CCN[C@H](C)c1nc2scc(-c3ccccc3)c2c(=O)[nH]1. The molecular weight excluding hydrogens is 318 g/mol. The first-order valence-corrected chi connectivity index (χ1v) is 9.24. The summed E-state index contributed by atoms with van der Waals surface area (Å²) in [6.07, 6.45) is 1.11. The highest BCUT2D eigenvalue weighted by molar-refractivity contribution is 7.17. The van der Waals surface area contributed by atoms with Gasteiger partial charge in [0.05, 0.1) is 11.4 Å². The predicted molar refractivity (Wildman–Crippen MR) is 102 cm³/mol. The minimum absolute atomic E-state index is 0.0307. The average molecular weight is 341 g/mol. The van der Waals surface area contributed by atoms with Crippen LogP contribution in [0.4, 0.5) is 0 Å². The minimum Gasteiger partial charge on any atom is -0.309 e. The summed E-state index contributed by atoms with van der Waals surface area (Å²) < 4.78 is 0. The lowest BCUT2D eigenvalue weighted by molar-refractivity contribution is 0.485. The molecule has 0 spiro atoms. The molecule has 0 aliphatic heterocycles. The molecule has 0 bridgehead atoms. The summed E-state index contributed by atoms with van der Waals surface area (Å²) in [5.41, 5.74) is 1.94. The molecule has 0 saturated carbocycles. The molecule has 0 aliphatic rings. The largest absolute Gasteiger partial charge is 0.309 e. The van der Waals surface area contributed by atoms with Gasteiger partial charge in [-0.05, 0) is 31.4 Å². The monoisotopic (exact) mass is 341 g/mol. The van der Waals surface area contributed by atoms with E-state index in [0.29, 0.717) is 17.1 Å². The van der Waals surface area contributed by atoms with Crippen LogP contribution in [0.5, 0.6) is 0 Å². The van der Waals surface area contributed by atoms with Gasteiger partial charge in [0, 0.05) is 10.9 Å². The van der Waals surface area contributed by atoms with Crippen LogP contribution in [-0.2, 0) is 0 Å². The zero-order chi connectivity index (χ0) is 17.1. The van der Waals surface area contributed by atoms with Crippen molar-refractivity contribution in [2.45, 2.75) is 33.2 Å². The Morgan fingerprint density at radius 3 is 2.67 bits per heavy atom. The number of benzene rings is 1. The maximum atomic E-state index is 12.6. The third-order valence-corrected chi connectivity index (χ3v) is 5.00. The average Bonchev–Trinajstić information content (AvgIpc) is 3.00. The topological polar surface area (TPSA) is 57.8 Å². The normalized spacial score (nSPS) is 12.8. The highest BCUT2D eigenvalue weighted by Gasteiger charge is 2.15. The Hall–Kier alpha value is -1.98. The summed E-state index contributed by atoms with van der Waals surface area (Å²) in [4.78, 5) is 21.1. The molecule has 2 heterocycles. The molecule has 4 nitrogen and oxygen atoms in total. The number of rotatable bonds is 6. The third-order valence-electron chi connectivity index (χ3n) is 4.13. The van der Waals surface area contributed by atoms with Crippen molar-refractivity contribution in [1.82, 2.24) is 15.3 Å². The van der Waals surface area contributed by atoms with E-state index in [0.717, 1.165) is 28.9 Å². The highest BCUT2D eigenvalue weighted by atomic mass is 32.1. The number of aromatic amines is 1. The van der Waals surface area contributed by atoms with Crippen molar-refractivity contribution < 1.29 is 0 Å². The van der Waals surface area contributed by atoms with Gasteiger partial charge >= 0.3 is 0 Å². The lowest BCUT2D eigenvalue weighted by atomic mass is 10.1. The van der Waals surface area contributed by atoms with Gasteiger partial charge in [0.1, 0.15) is 10.7 Å². The summed E-state index contributed by atoms with van der Waals surface area (Å²) in [5, 5.41) is 6.13. The maximum absolute atomic E-state index is 12.6. The molecule has 0 fully saturated rings. The van der Waals surface area contributed by atoms with Gasteiger partial charge in [-0.15, -0.1) is 11.3 Å². The van der Waals surface area contributed by atoms with E-state index in [1.807, 2.05) is 42.6 Å². The van der Waals surface area contributed by atoms with E-state index >= 15 is 0 Å². The van der Waals surface area contributed by atoms with Crippen LogP contribution >= 0.6 is 11.3 Å². The van der Waals surface area contributed by atoms with Gasteiger partial charge in [0.2, 0.25) is 0 Å². The van der Waals surface area contributed by atoms with Crippen molar-refractivity contribution in [1.29, 1.82) is 0 Å². The molecule has 0 radical (unpaired) electrons. The second-order valence-corrected chi connectivity index (χ2v) is 7.36. The van der Waals surface area contributed by atoms with Crippen molar-refractivity contribution >= 4 is 21.6 Å². The number of nitrogens with one attached hydrogen (secondary N) is 2. The number of hydrogen-bond acceptors (Lipinski definition) is 4. The van der Waals surface area contributed by atoms with Crippen LogP contribution < -0.4 is 10.9 Å². The Labute approximate surface area is 146 Å². The van der Waals surface area contributed by atoms with E-state index in [2.05, 4.69) is 29.1 Å². The van der Waals surface area contributed by atoms with Gasteiger partial charge in [-0.25, -0.2) is 4.98 Å². The quantitative estimate of drug-likeness (QED) is 0.701. The number of H-pyrrole nitrogens is 1. The van der Waals surface area contributed by atoms with Crippen LogP contribution in [-0.4, -0.2) is 16.5 Å². The molecule has 2 aromatic heterocycles. The summed E-state index contributed by atoms with van der Waals surface area (Å²) >= 11 is 1.52. The highest BCUT2D eigenvalue weighted by Crippen LogP contribution is 2.30. The Balaban J connectivity index is 1.91. The molecule has 5 heteroatoms. The van der Waals surface area contributed by atoms with Crippen molar-refractivity contribution in [2.24, 2.45) is 5.92 Å². The Kier molecular flexibility index (Phi) is 5.11. The second-order valence-electron chi connectivity index (χ2n) is 6.51. The van der Waals surface area contributed by atoms with E-state index in [-0.39, 0.29) is 11.6 Å². The first-order chi connectivity index (χ1) is 11.6. The summed E-state index contributed by atoms with van der Waals surface area (Å²) in [7, 11) is 0. The fourth-order valence-corrected chi connectivity index (χ4v) is 3.64. The Bertz CT molecular complexity index is 867. The van der Waals surface area contributed by atoms with Gasteiger partial charge in [0.15, 0.2) is 0 Å². The van der Waals surface area contributed by atoms with Gasteiger partial charge in [0.25, 0.3) is 5.56 Å². The predicted octanol–water partition coefficient (Wildman–Crippen LogP) is 4.35. The molecule has 3 aromatic rings. The van der Waals surface area contributed by atoms with E-state index in [9.17, 15) is 4.79 Å². The molecule has 0 aliphatic carbocycles. The molecule has 0 saturated heterocycles. The number of fused-ring (bicyclic) bond motifs is 1. The molecular formula is C19H23N3OS. The van der Waals surface area contributed by atoms with Gasteiger partial charge < -0.3 is 10.3 Å². The summed E-state index contributed by atoms with van der Waals surface area (Å²) in [6.45, 7) is 7.36. The minimum atomic E-state index is -0.0624. The van der Waals surface area contributed by atoms with Gasteiger partial charge in [-0.1, -0.05) is 44.2 Å². The molecule has 0 unspecified atom stereocenters. The first kappa shape index (κ1) is 16.9. The fraction of sp³-hybridized carbons (Fsp3) is 0.368. The van der Waals surface area contributed by atoms with Crippen molar-refractivity contribution in [3.05, 3.63) is 51.9 Å². The number of thiophene rings is 1. The third kappa shape index (κ3) is 3.57. The molecule has 1 aromatic carbocycles. The molecule has 24 heavy (non-hydrogen) atoms. The van der Waals surface area contributed by atoms with Crippen molar-refractivity contribution in [2.75, 3.05) is 6.54 Å². The molecule has 3 rings (SSSR count). The van der Waals surface area contributed by atoms with E-state index < -0.39 is 0 Å². The zero-order valence-electron chi connectivity index (χ0n) is 14.3. The summed E-state index contributed by atoms with van der Waals surface area (Å²) in [6, 6.07) is 10.0. The molecule has 126 valence electrons. The lowest BCUT2D eigenvalue weighted by Gasteiger charge is -2.14.